The van der Waals surface area contributed by atoms with Crippen LogP contribution in [0.2, 0.25) is 5.02 Å². The van der Waals surface area contributed by atoms with Crippen molar-refractivity contribution in [2.24, 2.45) is 5.92 Å². The van der Waals surface area contributed by atoms with Crippen LogP contribution < -0.4 is 0 Å². The number of piperidine rings is 1. The molecule has 1 atom stereocenters. The third-order valence-electron chi connectivity index (χ3n) is 5.21. The number of carbonyl (C=O) groups excluding carboxylic acids is 1. The number of esters is 1. The molecule has 4 rings (SSSR count). The van der Waals surface area contributed by atoms with Gasteiger partial charge in [-0.15, -0.1) is 11.3 Å². The van der Waals surface area contributed by atoms with E-state index in [9.17, 15) is 13.2 Å². The fraction of sp³-hybridized carbons (Fsp3) is 0.381. The molecular formula is C21H22ClN3O5S2. The molecule has 8 nitrogen and oxygen atoms in total. The van der Waals surface area contributed by atoms with Crippen LogP contribution in [0.5, 0.6) is 0 Å². The van der Waals surface area contributed by atoms with Crippen LogP contribution in [0.25, 0.3) is 22.2 Å². The highest BCUT2D eigenvalue weighted by Gasteiger charge is 2.35. The van der Waals surface area contributed by atoms with Crippen LogP contribution >= 0.6 is 22.9 Å². The monoisotopic (exact) mass is 495 g/mol. The highest BCUT2D eigenvalue weighted by molar-refractivity contribution is 7.89. The molecule has 1 saturated heterocycles. The maximum Gasteiger partial charge on any atom is 0.310 e. The maximum atomic E-state index is 13.3. The smallest absolute Gasteiger partial charge is 0.310 e. The summed E-state index contributed by atoms with van der Waals surface area (Å²) in [7, 11) is -3.78. The van der Waals surface area contributed by atoms with Crippen LogP contribution in [0.4, 0.5) is 0 Å². The molecule has 3 aromatic rings. The molecule has 2 aromatic heterocycles. The Balaban J connectivity index is 1.59. The zero-order valence-electron chi connectivity index (χ0n) is 17.6. The number of nitrogens with zero attached hydrogens (tertiary/aromatic N) is 3. The van der Waals surface area contributed by atoms with E-state index in [0.29, 0.717) is 45.6 Å². The molecule has 1 aliphatic rings. The molecule has 170 valence electrons. The van der Waals surface area contributed by atoms with Crippen LogP contribution in [-0.4, -0.2) is 48.5 Å². The number of aromatic nitrogens is 2. The van der Waals surface area contributed by atoms with Gasteiger partial charge in [-0.1, -0.05) is 28.9 Å². The molecule has 0 N–H and O–H groups in total. The molecule has 0 aliphatic carbocycles. The summed E-state index contributed by atoms with van der Waals surface area (Å²) in [5.74, 6) is -0.202. The number of benzene rings is 1. The molecule has 1 aliphatic heterocycles. The summed E-state index contributed by atoms with van der Waals surface area (Å²) in [6.45, 7) is 4.23. The first kappa shape index (κ1) is 22.9. The van der Waals surface area contributed by atoms with Gasteiger partial charge in [0.2, 0.25) is 15.8 Å². The molecule has 0 amide bonds. The topological polar surface area (TPSA) is 103 Å². The Labute approximate surface area is 195 Å². The standard InChI is InChI=1S/C21H22ClN3O5S2/c1-3-29-21(26)15-7-5-9-25(12-15)32(27,28)18-11-17(31-13(18)2)20-23-19(24-30-20)14-6-4-8-16(22)10-14/h4,6,8,10-11,15H,3,5,7,9,12H2,1-2H3/t15-/m1/s1. The average molecular weight is 496 g/mol. The van der Waals surface area contributed by atoms with Crippen molar-refractivity contribution in [3.05, 3.63) is 40.2 Å². The molecule has 11 heteroatoms. The van der Waals surface area contributed by atoms with E-state index >= 15 is 0 Å². The minimum absolute atomic E-state index is 0.116. The van der Waals surface area contributed by atoms with Gasteiger partial charge in [0, 0.05) is 28.6 Å². The Bertz CT molecular complexity index is 1240. The number of carbonyl (C=O) groups is 1. The minimum atomic E-state index is -3.78. The van der Waals surface area contributed by atoms with Gasteiger partial charge in [0.05, 0.1) is 22.3 Å². The van der Waals surface area contributed by atoms with E-state index in [1.54, 1.807) is 38.1 Å². The Morgan fingerprint density at radius 3 is 2.94 bits per heavy atom. The summed E-state index contributed by atoms with van der Waals surface area (Å²) in [6, 6.07) is 8.63. The largest absolute Gasteiger partial charge is 0.466 e. The molecular weight excluding hydrogens is 474 g/mol. The second kappa shape index (κ2) is 9.30. The quantitative estimate of drug-likeness (QED) is 0.467. The van der Waals surface area contributed by atoms with Gasteiger partial charge in [0.25, 0.3) is 5.89 Å². The van der Waals surface area contributed by atoms with Gasteiger partial charge in [0.1, 0.15) is 0 Å². The second-order valence-electron chi connectivity index (χ2n) is 7.42. The lowest BCUT2D eigenvalue weighted by Gasteiger charge is -2.30. The van der Waals surface area contributed by atoms with Crippen molar-refractivity contribution in [3.63, 3.8) is 0 Å². The Kier molecular flexibility index (Phi) is 6.66. The lowest BCUT2D eigenvalue weighted by molar-refractivity contribution is -0.149. The Morgan fingerprint density at radius 2 is 2.19 bits per heavy atom. The average Bonchev–Trinajstić information content (AvgIpc) is 3.41. The fourth-order valence-corrected chi connectivity index (χ4v) is 6.84. The third-order valence-corrected chi connectivity index (χ3v) is 8.61. The highest BCUT2D eigenvalue weighted by atomic mass is 35.5. The zero-order valence-corrected chi connectivity index (χ0v) is 20.0. The number of rotatable bonds is 6. The minimum Gasteiger partial charge on any atom is -0.466 e. The van der Waals surface area contributed by atoms with Crippen molar-refractivity contribution in [3.8, 4) is 22.2 Å². The van der Waals surface area contributed by atoms with E-state index in [1.807, 2.05) is 6.07 Å². The lowest BCUT2D eigenvalue weighted by atomic mass is 10.0. The number of hydrogen-bond donors (Lipinski definition) is 0. The van der Waals surface area contributed by atoms with Gasteiger partial charge in [-0.2, -0.15) is 9.29 Å². The number of ether oxygens (including phenoxy) is 1. The predicted octanol–water partition coefficient (Wildman–Crippen LogP) is 4.39. The molecule has 0 saturated carbocycles. The van der Waals surface area contributed by atoms with Gasteiger partial charge in [0.15, 0.2) is 0 Å². The number of aryl methyl sites for hydroxylation is 1. The Hall–Kier alpha value is -2.27. The molecule has 3 heterocycles. The van der Waals surface area contributed by atoms with E-state index in [1.165, 1.54) is 15.6 Å². The summed E-state index contributed by atoms with van der Waals surface area (Å²) in [4.78, 5) is 17.9. The van der Waals surface area contributed by atoms with E-state index in [4.69, 9.17) is 20.9 Å². The molecule has 1 fully saturated rings. The summed E-state index contributed by atoms with van der Waals surface area (Å²) < 4.78 is 38.5. The van der Waals surface area contributed by atoms with Crippen molar-refractivity contribution in [2.45, 2.75) is 31.6 Å². The highest BCUT2D eigenvalue weighted by Crippen LogP contribution is 2.36. The van der Waals surface area contributed by atoms with Crippen LogP contribution in [0.15, 0.2) is 39.8 Å². The van der Waals surface area contributed by atoms with E-state index < -0.39 is 15.9 Å². The first-order valence-corrected chi connectivity index (χ1v) is 12.8. The number of thiophene rings is 1. The number of halogens is 1. The first-order chi connectivity index (χ1) is 15.3. The first-order valence-electron chi connectivity index (χ1n) is 10.2. The molecule has 1 aromatic carbocycles. The molecule has 0 unspecified atom stereocenters. The molecule has 0 spiro atoms. The van der Waals surface area contributed by atoms with Crippen molar-refractivity contribution in [2.75, 3.05) is 19.7 Å². The van der Waals surface area contributed by atoms with Crippen LogP contribution in [0, 0.1) is 12.8 Å². The van der Waals surface area contributed by atoms with Crippen LogP contribution in [-0.2, 0) is 19.6 Å². The van der Waals surface area contributed by atoms with Crippen LogP contribution in [0.1, 0.15) is 24.6 Å². The summed E-state index contributed by atoms with van der Waals surface area (Å²) >= 11 is 7.30. The van der Waals surface area contributed by atoms with Crippen LogP contribution in [0.3, 0.4) is 0 Å². The zero-order chi connectivity index (χ0) is 22.9. The predicted molar refractivity (Wildman–Crippen MR) is 121 cm³/mol. The summed E-state index contributed by atoms with van der Waals surface area (Å²) in [5.41, 5.74) is 0.701. The summed E-state index contributed by atoms with van der Waals surface area (Å²) in [6.07, 6.45) is 1.22. The SMILES string of the molecule is CCOC(=O)[C@@H]1CCCN(S(=O)(=O)c2cc(-c3nc(-c4cccc(Cl)c4)no3)sc2C)C1. The molecule has 0 bridgehead atoms. The number of hydrogen-bond acceptors (Lipinski definition) is 8. The van der Waals surface area contributed by atoms with Crippen molar-refractivity contribution in [1.29, 1.82) is 0 Å². The lowest BCUT2D eigenvalue weighted by Crippen LogP contribution is -2.42. The molecule has 32 heavy (non-hydrogen) atoms. The second-order valence-corrected chi connectivity index (χ2v) is 11.0. The van der Waals surface area contributed by atoms with Gasteiger partial charge in [-0.3, -0.25) is 4.79 Å². The van der Waals surface area contributed by atoms with Gasteiger partial charge < -0.3 is 9.26 Å². The maximum absolute atomic E-state index is 13.3. The van der Waals surface area contributed by atoms with Gasteiger partial charge >= 0.3 is 5.97 Å². The van der Waals surface area contributed by atoms with E-state index in [0.717, 1.165) is 0 Å². The third kappa shape index (κ3) is 4.59. The summed E-state index contributed by atoms with van der Waals surface area (Å²) in [5, 5.41) is 4.54. The van der Waals surface area contributed by atoms with Gasteiger partial charge in [-0.05, 0) is 44.9 Å². The normalized spacial score (nSPS) is 17.4. The van der Waals surface area contributed by atoms with Crippen molar-refractivity contribution >= 4 is 38.9 Å². The van der Waals surface area contributed by atoms with E-state index in [-0.39, 0.29) is 29.9 Å². The Morgan fingerprint density at radius 1 is 1.38 bits per heavy atom. The number of sulfonamides is 1. The fourth-order valence-electron chi connectivity index (χ4n) is 3.65. The van der Waals surface area contributed by atoms with E-state index in [2.05, 4.69) is 10.1 Å². The van der Waals surface area contributed by atoms with Crippen molar-refractivity contribution in [1.82, 2.24) is 14.4 Å². The van der Waals surface area contributed by atoms with Crippen molar-refractivity contribution < 1.29 is 22.5 Å². The molecule has 0 radical (unpaired) electrons. The van der Waals surface area contributed by atoms with Gasteiger partial charge in [-0.25, -0.2) is 8.42 Å².